The number of allylic oxidation sites excluding steroid dienone is 1. The molecule has 2 saturated heterocycles. The number of furan rings is 1. The van der Waals surface area contributed by atoms with Crippen LogP contribution in [0.4, 0.5) is 4.79 Å². The monoisotopic (exact) mass is 711 g/mol. The molecule has 1 N–H and O–H groups in total. The number of aliphatic hydroxyl groups excluding tert-OH is 1. The van der Waals surface area contributed by atoms with Crippen LogP contribution in [0.3, 0.4) is 0 Å². The minimum Gasteiger partial charge on any atom is -0.459 e. The number of fused-ring (bicyclic) bond motifs is 3. The van der Waals surface area contributed by atoms with Crippen molar-refractivity contribution in [1.82, 2.24) is 4.90 Å². The van der Waals surface area contributed by atoms with E-state index in [0.717, 1.165) is 40.8 Å². The first-order chi connectivity index (χ1) is 24.5. The van der Waals surface area contributed by atoms with E-state index >= 15 is 0 Å². The third kappa shape index (κ3) is 6.94. The molecule has 0 radical (unpaired) electrons. The topological polar surface area (TPSA) is 116 Å². The van der Waals surface area contributed by atoms with Gasteiger partial charge in [-0.3, -0.25) is 9.59 Å². The van der Waals surface area contributed by atoms with Crippen molar-refractivity contribution in [2.24, 2.45) is 17.8 Å². The van der Waals surface area contributed by atoms with E-state index in [0.29, 0.717) is 29.3 Å². The molecule has 2 fully saturated rings. The molecule has 2 aromatic carbocycles. The van der Waals surface area contributed by atoms with Gasteiger partial charge in [0.05, 0.1) is 38.3 Å². The third-order valence-electron chi connectivity index (χ3n) is 10.7. The summed E-state index contributed by atoms with van der Waals surface area (Å²) in [5, 5.41) is 11.5. The summed E-state index contributed by atoms with van der Waals surface area (Å²) >= 11 is 0. The van der Waals surface area contributed by atoms with Crippen LogP contribution in [-0.4, -0.2) is 62.7 Å². The van der Waals surface area contributed by atoms with Gasteiger partial charge < -0.3 is 23.4 Å². The maximum absolute atomic E-state index is 13.8. The van der Waals surface area contributed by atoms with Gasteiger partial charge in [-0.1, -0.05) is 100 Å². The Bertz CT molecular complexity index is 1750. The van der Waals surface area contributed by atoms with Crippen molar-refractivity contribution >= 4 is 42.7 Å². The minimum absolute atomic E-state index is 0.155. The molecule has 1 aliphatic carbocycles. The van der Waals surface area contributed by atoms with Crippen LogP contribution >= 0.6 is 0 Å². The van der Waals surface area contributed by atoms with Gasteiger partial charge in [0, 0.05) is 5.92 Å². The van der Waals surface area contributed by atoms with Gasteiger partial charge in [-0.25, -0.2) is 4.79 Å². The Labute approximate surface area is 301 Å². The smallest absolute Gasteiger partial charge is 0.423 e. The van der Waals surface area contributed by atoms with E-state index in [4.69, 9.17) is 18.3 Å². The summed E-state index contributed by atoms with van der Waals surface area (Å²) < 4.78 is 24.6. The minimum atomic E-state index is -2.94. The molecular weight excluding hydrogens is 663 g/mol. The van der Waals surface area contributed by atoms with E-state index in [1.807, 2.05) is 24.3 Å². The molecule has 6 rings (SSSR count). The van der Waals surface area contributed by atoms with E-state index in [-0.39, 0.29) is 36.9 Å². The lowest BCUT2D eigenvalue weighted by Crippen LogP contribution is -2.66. The van der Waals surface area contributed by atoms with Gasteiger partial charge in [-0.15, -0.1) is 0 Å². The molecule has 3 aromatic rings. The third-order valence-corrected chi connectivity index (χ3v) is 15.7. The number of carbonyl (C=O) groups excluding carboxylic acids is 3. The lowest BCUT2D eigenvalue weighted by Gasteiger charge is -2.44. The molecule has 9 nitrogen and oxygen atoms in total. The van der Waals surface area contributed by atoms with E-state index in [1.165, 1.54) is 12.7 Å². The van der Waals surface area contributed by atoms with Crippen molar-refractivity contribution in [3.05, 3.63) is 101 Å². The maximum Gasteiger partial charge on any atom is 0.423 e. The zero-order chi connectivity index (χ0) is 36.3. The molecule has 0 unspecified atom stereocenters. The van der Waals surface area contributed by atoms with Crippen molar-refractivity contribution in [1.29, 1.82) is 0 Å². The normalized spacial score (nSPS) is 22.4. The second-order valence-corrected chi connectivity index (χ2v) is 19.1. The van der Waals surface area contributed by atoms with Crippen LogP contribution in [0, 0.1) is 17.8 Å². The van der Waals surface area contributed by atoms with Crippen molar-refractivity contribution < 1.29 is 37.8 Å². The zero-order valence-corrected chi connectivity index (χ0v) is 31.2. The first-order valence-electron chi connectivity index (χ1n) is 18.0. The molecule has 3 aliphatic rings. The summed E-state index contributed by atoms with van der Waals surface area (Å²) in [5.74, 6) is -1.56. The SMILES string of the molecule is CCC/C(=C\c1ccc(CO)o1)CC[C@H]1OC[C@H]2C1=C(CO[Si](c1ccccc1)(c1ccccc1)C(C)(C)C)C[C@H]1C(=O)N(C(=O)OC)C(=O)[C@H]12. The summed E-state index contributed by atoms with van der Waals surface area (Å²) in [7, 11) is -1.76. The Kier molecular flexibility index (Phi) is 11.0. The van der Waals surface area contributed by atoms with E-state index in [1.54, 1.807) is 6.07 Å². The van der Waals surface area contributed by atoms with Crippen LogP contribution in [-0.2, 0) is 30.1 Å². The first kappa shape index (κ1) is 36.7. The van der Waals surface area contributed by atoms with Crippen molar-refractivity contribution in [2.75, 3.05) is 20.3 Å². The number of hydrogen-bond acceptors (Lipinski definition) is 8. The molecule has 2 aliphatic heterocycles. The number of rotatable bonds is 12. The van der Waals surface area contributed by atoms with Crippen LogP contribution < -0.4 is 10.4 Å². The second-order valence-electron chi connectivity index (χ2n) is 14.8. The molecule has 0 saturated carbocycles. The first-order valence-corrected chi connectivity index (χ1v) is 19.9. The molecule has 1 aromatic heterocycles. The van der Waals surface area contributed by atoms with E-state index < -0.39 is 38.1 Å². The predicted molar refractivity (Wildman–Crippen MR) is 196 cm³/mol. The summed E-state index contributed by atoms with van der Waals surface area (Å²) in [6.07, 6.45) is 4.36. The van der Waals surface area contributed by atoms with E-state index in [9.17, 15) is 19.5 Å². The molecule has 51 heavy (non-hydrogen) atoms. The highest BCUT2D eigenvalue weighted by atomic mass is 28.4. The van der Waals surface area contributed by atoms with Gasteiger partial charge in [-0.05, 0) is 70.4 Å². The standard InChI is InChI=1S/C41H49NO8Si/c1-6-13-27(22-29-19-20-30(24-43)50-29)18-21-35-36-28(23-33-37(34(36)26-48-35)39(45)42(38(33)44)40(46)47-5)25-49-51(41(2,3)4,31-14-9-7-10-15-31)32-16-11-8-12-17-32/h7-12,14-17,19-20,22,33-35,37,43H,6,13,18,21,23-26H2,1-5H3/b27-22+/t33-,34+,35-,37-/m1/s1. The quantitative estimate of drug-likeness (QED) is 0.131. The Morgan fingerprint density at radius 2 is 1.63 bits per heavy atom. The zero-order valence-electron chi connectivity index (χ0n) is 30.2. The molecule has 4 atom stereocenters. The highest BCUT2D eigenvalue weighted by Gasteiger charge is 2.59. The van der Waals surface area contributed by atoms with Gasteiger partial charge in [0.2, 0.25) is 11.8 Å². The van der Waals surface area contributed by atoms with Gasteiger partial charge in [0.15, 0.2) is 0 Å². The average Bonchev–Trinajstić information content (AvgIpc) is 3.83. The molecule has 10 heteroatoms. The lowest BCUT2D eigenvalue weighted by molar-refractivity contribution is -0.137. The number of methoxy groups -OCH3 is 1. The number of benzene rings is 2. The summed E-state index contributed by atoms with van der Waals surface area (Å²) in [6, 6.07) is 24.5. The number of carbonyl (C=O) groups is 3. The van der Waals surface area contributed by atoms with Gasteiger partial charge in [0.1, 0.15) is 18.1 Å². The van der Waals surface area contributed by atoms with Crippen LogP contribution in [0.25, 0.3) is 6.08 Å². The van der Waals surface area contributed by atoms with Crippen LogP contribution in [0.2, 0.25) is 5.04 Å². The maximum atomic E-state index is 13.8. The van der Waals surface area contributed by atoms with Crippen molar-refractivity contribution in [3.8, 4) is 0 Å². The Morgan fingerprint density at radius 3 is 2.20 bits per heavy atom. The molecule has 270 valence electrons. The van der Waals surface area contributed by atoms with Crippen LogP contribution in [0.15, 0.2) is 93.9 Å². The molecule has 0 bridgehead atoms. The number of aliphatic hydroxyl groups is 1. The fourth-order valence-corrected chi connectivity index (χ4v) is 13.0. The molecule has 0 spiro atoms. The number of hydrogen-bond donors (Lipinski definition) is 1. The molecule has 3 amide bonds. The number of nitrogens with zero attached hydrogens (tertiary/aromatic N) is 1. The van der Waals surface area contributed by atoms with Crippen molar-refractivity contribution in [3.63, 3.8) is 0 Å². The van der Waals surface area contributed by atoms with Crippen molar-refractivity contribution in [2.45, 2.75) is 77.5 Å². The van der Waals surface area contributed by atoms with Gasteiger partial charge in [0.25, 0.3) is 8.32 Å². The molecular formula is C41H49NO8Si. The highest BCUT2D eigenvalue weighted by Crippen LogP contribution is 2.50. The molecule has 3 heterocycles. The van der Waals surface area contributed by atoms with Crippen LogP contribution in [0.5, 0.6) is 0 Å². The lowest BCUT2D eigenvalue weighted by atomic mass is 9.69. The average molecular weight is 712 g/mol. The predicted octanol–water partition coefficient (Wildman–Crippen LogP) is 6.40. The number of ether oxygens (including phenoxy) is 2. The summed E-state index contributed by atoms with van der Waals surface area (Å²) in [5.41, 5.74) is 3.20. The number of amides is 3. The summed E-state index contributed by atoms with van der Waals surface area (Å²) in [6.45, 7) is 9.23. The number of likely N-dealkylation sites (tertiary alicyclic amines) is 1. The largest absolute Gasteiger partial charge is 0.459 e. The second kappa shape index (κ2) is 15.3. The van der Waals surface area contributed by atoms with Crippen LogP contribution in [0.1, 0.15) is 71.3 Å². The number of imide groups is 3. The Morgan fingerprint density at radius 1 is 0.961 bits per heavy atom. The highest BCUT2D eigenvalue weighted by molar-refractivity contribution is 6.99. The Balaban J connectivity index is 1.39. The van der Waals surface area contributed by atoms with Gasteiger partial charge >= 0.3 is 6.09 Å². The fraction of sp³-hybridized carbons (Fsp3) is 0.439. The Hall–Kier alpha value is -4.09. The summed E-state index contributed by atoms with van der Waals surface area (Å²) in [4.78, 5) is 40.9. The fourth-order valence-electron chi connectivity index (χ4n) is 8.50. The van der Waals surface area contributed by atoms with E-state index in [2.05, 4.69) is 76.2 Å². The van der Waals surface area contributed by atoms with Gasteiger partial charge in [-0.2, -0.15) is 4.90 Å².